The van der Waals surface area contributed by atoms with E-state index in [1.54, 1.807) is 0 Å². The van der Waals surface area contributed by atoms with Gasteiger partial charge in [-0.1, -0.05) is 54.6 Å². The zero-order valence-corrected chi connectivity index (χ0v) is 12.0. The van der Waals surface area contributed by atoms with E-state index in [2.05, 4.69) is 29.6 Å². The Morgan fingerprint density at radius 2 is 1.71 bits per heavy atom. The summed E-state index contributed by atoms with van der Waals surface area (Å²) in [4.78, 5) is 11.8. The number of carbonyl (C=O) groups excluding carboxylic acids is 1. The highest BCUT2D eigenvalue weighted by Crippen LogP contribution is 2.23. The molecule has 3 heteroatoms. The van der Waals surface area contributed by atoms with E-state index in [-0.39, 0.29) is 11.9 Å². The molecule has 0 radical (unpaired) electrons. The van der Waals surface area contributed by atoms with Gasteiger partial charge in [0.05, 0.1) is 0 Å². The third-order valence-electron chi connectivity index (χ3n) is 4.17. The van der Waals surface area contributed by atoms with Crippen molar-refractivity contribution in [3.05, 3.63) is 71.3 Å². The molecule has 0 aromatic heterocycles. The molecule has 2 atom stereocenters. The molecule has 0 spiro atoms. The molecule has 1 aliphatic rings. The van der Waals surface area contributed by atoms with Crippen molar-refractivity contribution in [1.29, 1.82) is 0 Å². The van der Waals surface area contributed by atoms with Gasteiger partial charge in [-0.05, 0) is 36.0 Å². The lowest BCUT2D eigenvalue weighted by Gasteiger charge is -2.29. The van der Waals surface area contributed by atoms with Crippen molar-refractivity contribution >= 4 is 5.91 Å². The number of hydrogen-bond acceptors (Lipinski definition) is 2. The van der Waals surface area contributed by atoms with E-state index in [0.717, 1.165) is 24.8 Å². The zero-order valence-electron chi connectivity index (χ0n) is 12.0. The molecule has 0 heterocycles. The maximum atomic E-state index is 11.8. The number of aryl methyl sites for hydroxylation is 1. The first kappa shape index (κ1) is 13.8. The molecule has 2 aromatic rings. The summed E-state index contributed by atoms with van der Waals surface area (Å²) in [6, 6.07) is 18.1. The largest absolute Gasteiger partial charge is 0.368 e. The second kappa shape index (κ2) is 6.10. The summed E-state index contributed by atoms with van der Waals surface area (Å²) in [6.45, 7) is 0. The van der Waals surface area contributed by atoms with Crippen LogP contribution in [0.2, 0.25) is 0 Å². The SMILES string of the molecule is NC(=O)[C@@H](N[C@@H]1CCc2ccccc2C1)c1ccccc1. The van der Waals surface area contributed by atoms with Crippen LogP contribution in [0.4, 0.5) is 0 Å². The Morgan fingerprint density at radius 1 is 1.05 bits per heavy atom. The standard InChI is InChI=1S/C18H20N2O/c19-18(21)17(14-7-2-1-3-8-14)20-16-11-10-13-6-4-5-9-15(13)12-16/h1-9,16-17,20H,10-12H2,(H2,19,21)/t16-,17+/m1/s1. The fraction of sp³-hybridized carbons (Fsp3) is 0.278. The summed E-state index contributed by atoms with van der Waals surface area (Å²) >= 11 is 0. The molecular weight excluding hydrogens is 260 g/mol. The third kappa shape index (κ3) is 3.14. The van der Waals surface area contributed by atoms with Gasteiger partial charge in [-0.15, -0.1) is 0 Å². The molecule has 0 bridgehead atoms. The lowest BCUT2D eigenvalue weighted by atomic mass is 9.87. The number of hydrogen-bond donors (Lipinski definition) is 2. The number of rotatable bonds is 4. The Balaban J connectivity index is 1.75. The minimum absolute atomic E-state index is 0.289. The van der Waals surface area contributed by atoms with E-state index in [1.807, 2.05) is 30.3 Å². The molecular formula is C18H20N2O. The van der Waals surface area contributed by atoms with E-state index in [1.165, 1.54) is 11.1 Å². The minimum Gasteiger partial charge on any atom is -0.368 e. The molecule has 0 saturated heterocycles. The normalized spacial score (nSPS) is 18.8. The molecule has 3 N–H and O–H groups in total. The molecule has 1 aliphatic carbocycles. The predicted molar refractivity (Wildman–Crippen MR) is 83.8 cm³/mol. The predicted octanol–water partition coefficient (Wildman–Crippen LogP) is 2.36. The number of benzene rings is 2. The van der Waals surface area contributed by atoms with E-state index in [4.69, 9.17) is 5.73 Å². The lowest BCUT2D eigenvalue weighted by Crippen LogP contribution is -2.42. The number of nitrogens with one attached hydrogen (secondary N) is 1. The Bertz CT molecular complexity index is 624. The Labute approximate surface area is 125 Å². The molecule has 1 amide bonds. The summed E-state index contributed by atoms with van der Waals surface area (Å²) in [5.74, 6) is -0.319. The average Bonchev–Trinajstić information content (AvgIpc) is 2.53. The summed E-state index contributed by atoms with van der Waals surface area (Å²) in [5.41, 5.74) is 9.31. The van der Waals surface area contributed by atoms with Crippen molar-refractivity contribution in [3.8, 4) is 0 Å². The van der Waals surface area contributed by atoms with Crippen LogP contribution in [0.25, 0.3) is 0 Å². The highest BCUT2D eigenvalue weighted by Gasteiger charge is 2.24. The van der Waals surface area contributed by atoms with Crippen molar-refractivity contribution in [2.75, 3.05) is 0 Å². The van der Waals surface area contributed by atoms with Crippen molar-refractivity contribution in [3.63, 3.8) is 0 Å². The summed E-state index contributed by atoms with van der Waals surface area (Å²) in [5, 5.41) is 3.44. The molecule has 0 saturated carbocycles. The van der Waals surface area contributed by atoms with E-state index < -0.39 is 6.04 Å². The second-order valence-corrected chi connectivity index (χ2v) is 5.62. The van der Waals surface area contributed by atoms with Crippen LogP contribution >= 0.6 is 0 Å². The third-order valence-corrected chi connectivity index (χ3v) is 4.17. The number of nitrogens with two attached hydrogens (primary N) is 1. The Morgan fingerprint density at radius 3 is 2.43 bits per heavy atom. The van der Waals surface area contributed by atoms with Gasteiger partial charge in [0, 0.05) is 6.04 Å². The first-order valence-corrected chi connectivity index (χ1v) is 7.41. The van der Waals surface area contributed by atoms with Crippen molar-refractivity contribution in [1.82, 2.24) is 5.32 Å². The van der Waals surface area contributed by atoms with Gasteiger partial charge in [-0.2, -0.15) is 0 Å². The quantitative estimate of drug-likeness (QED) is 0.903. The van der Waals surface area contributed by atoms with Gasteiger partial charge in [-0.3, -0.25) is 10.1 Å². The van der Waals surface area contributed by atoms with Gasteiger partial charge in [-0.25, -0.2) is 0 Å². The fourth-order valence-electron chi connectivity index (χ4n) is 3.06. The number of primary amides is 1. The van der Waals surface area contributed by atoms with Gasteiger partial charge in [0.2, 0.25) is 5.91 Å². The Kier molecular flexibility index (Phi) is 4.02. The second-order valence-electron chi connectivity index (χ2n) is 5.62. The van der Waals surface area contributed by atoms with Crippen molar-refractivity contribution in [2.24, 2.45) is 5.73 Å². The summed E-state index contributed by atoms with van der Waals surface area (Å²) in [6.07, 6.45) is 3.04. The number of amides is 1. The zero-order chi connectivity index (χ0) is 14.7. The Hall–Kier alpha value is -2.13. The van der Waals surface area contributed by atoms with Gasteiger partial charge < -0.3 is 5.73 Å². The smallest absolute Gasteiger partial charge is 0.239 e. The van der Waals surface area contributed by atoms with Crippen molar-refractivity contribution < 1.29 is 4.79 Å². The maximum absolute atomic E-state index is 11.8. The van der Waals surface area contributed by atoms with Gasteiger partial charge in [0.1, 0.15) is 6.04 Å². The minimum atomic E-state index is -0.415. The molecule has 21 heavy (non-hydrogen) atoms. The monoisotopic (exact) mass is 280 g/mol. The number of fused-ring (bicyclic) bond motifs is 1. The first-order valence-electron chi connectivity index (χ1n) is 7.41. The van der Waals surface area contributed by atoms with Crippen LogP contribution in [0.5, 0.6) is 0 Å². The molecule has 108 valence electrons. The van der Waals surface area contributed by atoms with Crippen LogP contribution in [-0.4, -0.2) is 11.9 Å². The lowest BCUT2D eigenvalue weighted by molar-refractivity contribution is -0.120. The van der Waals surface area contributed by atoms with Crippen LogP contribution in [-0.2, 0) is 17.6 Å². The fourth-order valence-corrected chi connectivity index (χ4v) is 3.06. The maximum Gasteiger partial charge on any atom is 0.239 e. The highest BCUT2D eigenvalue weighted by atomic mass is 16.1. The van der Waals surface area contributed by atoms with E-state index >= 15 is 0 Å². The molecule has 0 unspecified atom stereocenters. The van der Waals surface area contributed by atoms with Crippen molar-refractivity contribution in [2.45, 2.75) is 31.3 Å². The average molecular weight is 280 g/mol. The first-order chi connectivity index (χ1) is 10.2. The van der Waals surface area contributed by atoms with Crippen LogP contribution in [0.1, 0.15) is 29.2 Å². The molecule has 0 aliphatic heterocycles. The topological polar surface area (TPSA) is 55.1 Å². The van der Waals surface area contributed by atoms with Gasteiger partial charge in [0.15, 0.2) is 0 Å². The molecule has 0 fully saturated rings. The van der Waals surface area contributed by atoms with Gasteiger partial charge in [0.25, 0.3) is 0 Å². The number of carbonyl (C=O) groups is 1. The van der Waals surface area contributed by atoms with Crippen LogP contribution in [0.15, 0.2) is 54.6 Å². The highest BCUT2D eigenvalue weighted by molar-refractivity contribution is 5.81. The molecule has 2 aromatic carbocycles. The molecule has 3 nitrogen and oxygen atoms in total. The van der Waals surface area contributed by atoms with Crippen LogP contribution < -0.4 is 11.1 Å². The molecule has 3 rings (SSSR count). The van der Waals surface area contributed by atoms with E-state index in [9.17, 15) is 4.79 Å². The van der Waals surface area contributed by atoms with Crippen LogP contribution in [0.3, 0.4) is 0 Å². The van der Waals surface area contributed by atoms with Gasteiger partial charge >= 0.3 is 0 Å². The summed E-state index contributed by atoms with van der Waals surface area (Å²) < 4.78 is 0. The van der Waals surface area contributed by atoms with E-state index in [0.29, 0.717) is 0 Å². The summed E-state index contributed by atoms with van der Waals surface area (Å²) in [7, 11) is 0. The van der Waals surface area contributed by atoms with Crippen LogP contribution in [0, 0.1) is 0 Å².